The minimum atomic E-state index is -0.377. The van der Waals surface area contributed by atoms with Crippen LogP contribution in [0, 0.1) is 5.82 Å². The first kappa shape index (κ1) is 21.1. The van der Waals surface area contributed by atoms with E-state index in [9.17, 15) is 9.18 Å². The first-order valence-corrected chi connectivity index (χ1v) is 11.8. The molecule has 2 aromatic carbocycles. The van der Waals surface area contributed by atoms with Crippen molar-refractivity contribution >= 4 is 22.7 Å². The van der Waals surface area contributed by atoms with Crippen molar-refractivity contribution in [3.63, 3.8) is 0 Å². The lowest BCUT2D eigenvalue weighted by atomic mass is 10.2. The summed E-state index contributed by atoms with van der Waals surface area (Å²) < 4.78 is 37.2. The molecule has 11 heteroatoms. The Labute approximate surface area is 196 Å². The number of aromatic nitrogens is 4. The fraction of sp³-hybridized carbons (Fsp3) is 0.304. The van der Waals surface area contributed by atoms with Gasteiger partial charge in [0.15, 0.2) is 16.7 Å². The van der Waals surface area contributed by atoms with E-state index in [1.54, 1.807) is 28.8 Å². The third kappa shape index (κ3) is 4.01. The lowest BCUT2D eigenvalue weighted by Crippen LogP contribution is -2.28. The summed E-state index contributed by atoms with van der Waals surface area (Å²) in [6.45, 7) is 1.20. The van der Waals surface area contributed by atoms with E-state index in [1.165, 1.54) is 23.9 Å². The zero-order chi connectivity index (χ0) is 23.1. The van der Waals surface area contributed by atoms with Gasteiger partial charge in [0.2, 0.25) is 18.5 Å². The molecule has 2 aliphatic rings. The number of fused-ring (bicyclic) bond motifs is 2. The quantitative estimate of drug-likeness (QED) is 0.300. The number of nitrogens with zero attached hydrogens (tertiary/aromatic N) is 4. The molecule has 4 heterocycles. The number of thioether (sulfide) groups is 1. The van der Waals surface area contributed by atoms with Crippen molar-refractivity contribution in [3.05, 3.63) is 58.5 Å². The van der Waals surface area contributed by atoms with Gasteiger partial charge >= 0.3 is 0 Å². The molecule has 4 aromatic rings. The molecule has 0 saturated carbocycles. The van der Waals surface area contributed by atoms with Crippen LogP contribution in [-0.4, -0.2) is 39.2 Å². The molecular formula is C23H19FN4O5S. The number of hydrogen-bond donors (Lipinski definition) is 0. The molecule has 2 aliphatic heterocycles. The van der Waals surface area contributed by atoms with Crippen LogP contribution < -0.4 is 15.0 Å². The molecular weight excluding hydrogens is 463 g/mol. The van der Waals surface area contributed by atoms with Gasteiger partial charge in [-0.25, -0.2) is 9.37 Å². The van der Waals surface area contributed by atoms with Gasteiger partial charge in [0.1, 0.15) is 5.82 Å². The van der Waals surface area contributed by atoms with Crippen LogP contribution in [0.5, 0.6) is 11.5 Å². The monoisotopic (exact) mass is 482 g/mol. The van der Waals surface area contributed by atoms with E-state index in [0.717, 1.165) is 12.8 Å². The van der Waals surface area contributed by atoms with Gasteiger partial charge in [0.25, 0.3) is 5.56 Å². The van der Waals surface area contributed by atoms with Crippen molar-refractivity contribution in [2.45, 2.75) is 36.4 Å². The molecule has 9 nitrogen and oxygen atoms in total. The van der Waals surface area contributed by atoms with Gasteiger partial charge in [0.05, 0.1) is 29.3 Å². The Hall–Kier alpha value is -3.44. The van der Waals surface area contributed by atoms with Crippen LogP contribution in [0.3, 0.4) is 0 Å². The van der Waals surface area contributed by atoms with Crippen molar-refractivity contribution in [2.75, 3.05) is 13.4 Å². The molecule has 0 radical (unpaired) electrons. The lowest BCUT2D eigenvalue weighted by molar-refractivity contribution is 0.0937. The highest BCUT2D eigenvalue weighted by molar-refractivity contribution is 7.98. The number of rotatable bonds is 6. The molecule has 174 valence electrons. The number of benzene rings is 2. The molecule has 0 N–H and O–H groups in total. The largest absolute Gasteiger partial charge is 0.454 e. The fourth-order valence-electron chi connectivity index (χ4n) is 4.04. The topological polar surface area (TPSA) is 102 Å². The van der Waals surface area contributed by atoms with Crippen LogP contribution in [0.4, 0.5) is 4.39 Å². The third-order valence-corrected chi connectivity index (χ3v) is 6.66. The Bertz CT molecular complexity index is 1430. The van der Waals surface area contributed by atoms with Crippen LogP contribution >= 0.6 is 11.8 Å². The average Bonchev–Trinajstić information content (AvgIpc) is 3.61. The van der Waals surface area contributed by atoms with Gasteiger partial charge in [-0.2, -0.15) is 4.98 Å². The van der Waals surface area contributed by atoms with Crippen LogP contribution in [0.15, 0.2) is 50.9 Å². The maximum Gasteiger partial charge on any atom is 0.262 e. The van der Waals surface area contributed by atoms with Crippen LogP contribution in [-0.2, 0) is 17.0 Å². The van der Waals surface area contributed by atoms with Crippen molar-refractivity contribution < 1.29 is 23.1 Å². The molecule has 2 aromatic heterocycles. The predicted molar refractivity (Wildman–Crippen MR) is 120 cm³/mol. The molecule has 0 aliphatic carbocycles. The zero-order valence-corrected chi connectivity index (χ0v) is 18.7. The van der Waals surface area contributed by atoms with E-state index in [1.807, 2.05) is 0 Å². The SMILES string of the molecule is O=c1c2cc3c(cc2nc(SCc2nc(-c4cccc(F)c4)no2)n1C[C@H]1CCCO1)OCO3. The van der Waals surface area contributed by atoms with E-state index >= 15 is 0 Å². The second kappa shape index (κ2) is 8.73. The minimum absolute atomic E-state index is 0.0479. The molecule has 1 atom stereocenters. The van der Waals surface area contributed by atoms with Crippen molar-refractivity contribution in [1.82, 2.24) is 19.7 Å². The van der Waals surface area contributed by atoms with Crippen molar-refractivity contribution in [3.8, 4) is 22.9 Å². The van der Waals surface area contributed by atoms with Crippen LogP contribution in [0.1, 0.15) is 18.7 Å². The molecule has 0 spiro atoms. The highest BCUT2D eigenvalue weighted by atomic mass is 32.2. The number of halogens is 1. The third-order valence-electron chi connectivity index (χ3n) is 5.70. The second-order valence-electron chi connectivity index (χ2n) is 7.98. The summed E-state index contributed by atoms with van der Waals surface area (Å²) in [6.07, 6.45) is 1.80. The Kier molecular flexibility index (Phi) is 5.42. The van der Waals surface area contributed by atoms with Crippen LogP contribution in [0.25, 0.3) is 22.3 Å². The fourth-order valence-corrected chi connectivity index (χ4v) is 4.88. The Morgan fingerprint density at radius 2 is 2.03 bits per heavy atom. The summed E-state index contributed by atoms with van der Waals surface area (Å²) in [6, 6.07) is 9.38. The highest BCUT2D eigenvalue weighted by Crippen LogP contribution is 2.35. The molecule has 0 bridgehead atoms. The smallest absolute Gasteiger partial charge is 0.262 e. The summed E-state index contributed by atoms with van der Waals surface area (Å²) in [5.74, 6) is 1.64. The molecule has 0 amide bonds. The maximum atomic E-state index is 13.5. The van der Waals surface area contributed by atoms with Crippen molar-refractivity contribution in [1.29, 1.82) is 0 Å². The predicted octanol–water partition coefficient (Wildman–Crippen LogP) is 3.79. The summed E-state index contributed by atoms with van der Waals surface area (Å²) in [5, 5.41) is 4.91. The minimum Gasteiger partial charge on any atom is -0.454 e. The van der Waals surface area contributed by atoms with Gasteiger partial charge in [-0.05, 0) is 31.0 Å². The molecule has 1 saturated heterocycles. The Morgan fingerprint density at radius 3 is 2.85 bits per heavy atom. The number of ether oxygens (including phenoxy) is 3. The normalized spacial score (nSPS) is 17.0. The van der Waals surface area contributed by atoms with Crippen molar-refractivity contribution in [2.24, 2.45) is 0 Å². The van der Waals surface area contributed by atoms with Gasteiger partial charge in [-0.15, -0.1) is 0 Å². The van der Waals surface area contributed by atoms with Gasteiger partial charge in [0, 0.05) is 18.2 Å². The van der Waals surface area contributed by atoms with Crippen LogP contribution in [0.2, 0.25) is 0 Å². The zero-order valence-electron chi connectivity index (χ0n) is 17.9. The van der Waals surface area contributed by atoms with Gasteiger partial charge < -0.3 is 18.7 Å². The maximum absolute atomic E-state index is 13.5. The van der Waals surface area contributed by atoms with E-state index in [-0.39, 0.29) is 30.0 Å². The van der Waals surface area contributed by atoms with E-state index in [2.05, 4.69) is 10.1 Å². The summed E-state index contributed by atoms with van der Waals surface area (Å²) in [5.41, 5.74) is 0.869. The second-order valence-corrected chi connectivity index (χ2v) is 8.92. The standard InChI is InChI=1S/C23H19FN4O5S/c24-14-4-1-3-13(7-14)21-26-20(33-27-21)11-34-23-25-17-9-19-18(31-12-32-19)8-16(17)22(29)28(23)10-15-5-2-6-30-15/h1,3-4,7-9,15H,2,5-6,10-12H2/t15-/m1/s1. The highest BCUT2D eigenvalue weighted by Gasteiger charge is 2.23. The van der Waals surface area contributed by atoms with Gasteiger partial charge in [-0.3, -0.25) is 9.36 Å². The summed E-state index contributed by atoms with van der Waals surface area (Å²) in [7, 11) is 0. The molecule has 34 heavy (non-hydrogen) atoms. The Balaban J connectivity index is 1.32. The van der Waals surface area contributed by atoms with E-state index in [0.29, 0.717) is 58.0 Å². The number of hydrogen-bond acceptors (Lipinski definition) is 9. The Morgan fingerprint density at radius 1 is 1.15 bits per heavy atom. The molecule has 0 unspecified atom stereocenters. The van der Waals surface area contributed by atoms with E-state index < -0.39 is 0 Å². The van der Waals surface area contributed by atoms with E-state index in [4.69, 9.17) is 23.7 Å². The average molecular weight is 482 g/mol. The lowest BCUT2D eigenvalue weighted by Gasteiger charge is -2.16. The summed E-state index contributed by atoms with van der Waals surface area (Å²) >= 11 is 1.31. The van der Waals surface area contributed by atoms with Gasteiger partial charge in [-0.1, -0.05) is 29.1 Å². The molecule has 1 fully saturated rings. The first-order valence-electron chi connectivity index (χ1n) is 10.8. The summed E-state index contributed by atoms with van der Waals surface area (Å²) in [4.78, 5) is 22.5. The molecule has 6 rings (SSSR count). The first-order chi connectivity index (χ1) is 16.6.